The number of benzene rings is 1. The average Bonchev–Trinajstić information content (AvgIpc) is 2.35. The zero-order valence-corrected chi connectivity index (χ0v) is 9.52. The van der Waals surface area contributed by atoms with E-state index in [1.54, 1.807) is 0 Å². The Morgan fingerprint density at radius 1 is 1.26 bits per heavy atom. The first-order valence-corrected chi connectivity index (χ1v) is 4.99. The largest absolute Gasteiger partial charge is 0.494 e. The van der Waals surface area contributed by atoms with Gasteiger partial charge in [0.1, 0.15) is 11.3 Å². The van der Waals surface area contributed by atoms with Crippen molar-refractivity contribution in [3.05, 3.63) is 29.5 Å². The van der Waals surface area contributed by atoms with Crippen LogP contribution in [0.2, 0.25) is 0 Å². The molecule has 5 nitrogen and oxygen atoms in total. The number of alkyl halides is 3. The van der Waals surface area contributed by atoms with E-state index < -0.39 is 17.8 Å². The molecule has 0 bridgehead atoms. The maximum absolute atomic E-state index is 12.5. The fourth-order valence-electron chi connectivity index (χ4n) is 1.54. The Balaban J connectivity index is 2.73. The van der Waals surface area contributed by atoms with E-state index >= 15 is 0 Å². The minimum Gasteiger partial charge on any atom is -0.494 e. The van der Waals surface area contributed by atoms with Gasteiger partial charge >= 0.3 is 12.1 Å². The first-order chi connectivity index (χ1) is 8.82. The van der Waals surface area contributed by atoms with Gasteiger partial charge in [-0.1, -0.05) is 0 Å². The van der Waals surface area contributed by atoms with E-state index in [1.165, 1.54) is 13.2 Å². The average molecular weight is 272 g/mol. The number of carboxylic acid groups (broad SMARTS) is 1. The van der Waals surface area contributed by atoms with Crippen LogP contribution >= 0.6 is 0 Å². The summed E-state index contributed by atoms with van der Waals surface area (Å²) >= 11 is 0. The molecule has 0 aliphatic heterocycles. The van der Waals surface area contributed by atoms with Crippen LogP contribution < -0.4 is 4.74 Å². The van der Waals surface area contributed by atoms with Crippen molar-refractivity contribution < 1.29 is 27.8 Å². The number of rotatable bonds is 2. The van der Waals surface area contributed by atoms with Crippen LogP contribution in [0.4, 0.5) is 13.2 Å². The van der Waals surface area contributed by atoms with E-state index in [0.717, 1.165) is 12.1 Å². The van der Waals surface area contributed by atoms with Crippen LogP contribution in [0.3, 0.4) is 0 Å². The van der Waals surface area contributed by atoms with Gasteiger partial charge in [0.15, 0.2) is 5.69 Å². The molecule has 0 radical (unpaired) electrons. The lowest BCUT2D eigenvalue weighted by molar-refractivity contribution is -0.141. The second kappa shape index (κ2) is 4.38. The predicted octanol–water partition coefficient (Wildman–Crippen LogP) is 2.36. The number of carbonyl (C=O) groups is 1. The van der Waals surface area contributed by atoms with Crippen molar-refractivity contribution >= 4 is 16.9 Å². The molecule has 0 spiro atoms. The number of aromatic carboxylic acids is 1. The van der Waals surface area contributed by atoms with Gasteiger partial charge in [0.25, 0.3) is 0 Å². The van der Waals surface area contributed by atoms with Gasteiger partial charge in [0.2, 0.25) is 0 Å². The molecule has 8 heteroatoms. The molecule has 0 aliphatic carbocycles. The summed E-state index contributed by atoms with van der Waals surface area (Å²) in [4.78, 5) is 10.9. The third kappa shape index (κ3) is 2.42. The molecule has 1 N–H and O–H groups in total. The van der Waals surface area contributed by atoms with E-state index in [-0.39, 0.29) is 22.2 Å². The van der Waals surface area contributed by atoms with Crippen molar-refractivity contribution in [3.63, 3.8) is 0 Å². The summed E-state index contributed by atoms with van der Waals surface area (Å²) < 4.78 is 42.4. The number of halogens is 3. The van der Waals surface area contributed by atoms with E-state index in [4.69, 9.17) is 9.84 Å². The van der Waals surface area contributed by atoms with Gasteiger partial charge in [-0.2, -0.15) is 13.2 Å². The smallest absolute Gasteiger partial charge is 0.435 e. The highest BCUT2D eigenvalue weighted by molar-refractivity contribution is 5.96. The summed E-state index contributed by atoms with van der Waals surface area (Å²) in [5.41, 5.74) is -1.31. The lowest BCUT2D eigenvalue weighted by atomic mass is 10.1. The van der Waals surface area contributed by atoms with Crippen molar-refractivity contribution in [3.8, 4) is 5.75 Å². The highest BCUT2D eigenvalue weighted by atomic mass is 19.4. The Morgan fingerprint density at radius 3 is 2.47 bits per heavy atom. The van der Waals surface area contributed by atoms with Gasteiger partial charge < -0.3 is 9.84 Å². The maximum Gasteiger partial charge on any atom is 0.435 e. The molecule has 0 unspecified atom stereocenters. The molecule has 0 amide bonds. The molecule has 0 saturated heterocycles. The van der Waals surface area contributed by atoms with Gasteiger partial charge in [-0.15, -0.1) is 10.2 Å². The van der Waals surface area contributed by atoms with E-state index in [1.807, 2.05) is 0 Å². The van der Waals surface area contributed by atoms with Crippen molar-refractivity contribution in [2.75, 3.05) is 7.11 Å². The molecule has 0 saturated carbocycles. The van der Waals surface area contributed by atoms with Crippen LogP contribution in [0.1, 0.15) is 16.1 Å². The van der Waals surface area contributed by atoms with Crippen LogP contribution in [0, 0.1) is 0 Å². The molecule has 2 rings (SSSR count). The molecule has 19 heavy (non-hydrogen) atoms. The van der Waals surface area contributed by atoms with Gasteiger partial charge in [-0.25, -0.2) is 4.79 Å². The van der Waals surface area contributed by atoms with Crippen LogP contribution in [0.15, 0.2) is 18.2 Å². The van der Waals surface area contributed by atoms with E-state index in [9.17, 15) is 18.0 Å². The Labute approximate surface area is 104 Å². The van der Waals surface area contributed by atoms with Crippen LogP contribution in [-0.4, -0.2) is 28.4 Å². The number of ether oxygens (including phenoxy) is 1. The Bertz CT molecular complexity index is 655. The zero-order chi connectivity index (χ0) is 14.2. The standard InChI is InChI=1S/C11H7F3N2O3/c1-19-7-3-6(10(17)18)2-5-4-8(11(12,13)14)15-16-9(5)7/h2-4H,1H3,(H,17,18). The molecule has 0 aliphatic rings. The van der Waals surface area contributed by atoms with E-state index in [2.05, 4.69) is 10.2 Å². The van der Waals surface area contributed by atoms with Crippen LogP contribution in [0.25, 0.3) is 10.9 Å². The molecule has 0 fully saturated rings. The number of aromatic nitrogens is 2. The highest BCUT2D eigenvalue weighted by Gasteiger charge is 2.33. The van der Waals surface area contributed by atoms with Crippen molar-refractivity contribution in [2.24, 2.45) is 0 Å². The number of carboxylic acids is 1. The molecule has 1 heterocycles. The Hall–Kier alpha value is -2.38. The summed E-state index contributed by atoms with van der Waals surface area (Å²) in [5.74, 6) is -1.22. The SMILES string of the molecule is COc1cc(C(=O)O)cc2cc(C(F)(F)F)nnc12. The lowest BCUT2D eigenvalue weighted by Crippen LogP contribution is -2.09. The summed E-state index contributed by atoms with van der Waals surface area (Å²) in [5, 5.41) is 15.4. The summed E-state index contributed by atoms with van der Waals surface area (Å²) in [7, 11) is 1.26. The summed E-state index contributed by atoms with van der Waals surface area (Å²) in [6.07, 6.45) is -4.65. The van der Waals surface area contributed by atoms with Crippen LogP contribution in [-0.2, 0) is 6.18 Å². The minimum absolute atomic E-state index is 0.000856. The number of hydrogen-bond donors (Lipinski definition) is 1. The predicted molar refractivity (Wildman–Crippen MR) is 58.1 cm³/mol. The van der Waals surface area contributed by atoms with Gasteiger partial charge in [-0.05, 0) is 18.2 Å². The van der Waals surface area contributed by atoms with Crippen LogP contribution in [0.5, 0.6) is 5.75 Å². The fourth-order valence-corrected chi connectivity index (χ4v) is 1.54. The van der Waals surface area contributed by atoms with Gasteiger partial charge in [-0.3, -0.25) is 0 Å². The fraction of sp³-hybridized carbons (Fsp3) is 0.182. The molecular weight excluding hydrogens is 265 g/mol. The minimum atomic E-state index is -4.65. The van der Waals surface area contributed by atoms with Gasteiger partial charge in [0, 0.05) is 5.39 Å². The Morgan fingerprint density at radius 2 is 1.95 bits per heavy atom. The highest BCUT2D eigenvalue weighted by Crippen LogP contribution is 2.31. The first kappa shape index (κ1) is 13.1. The molecule has 1 aromatic heterocycles. The molecule has 0 atom stereocenters. The molecule has 100 valence electrons. The summed E-state index contributed by atoms with van der Waals surface area (Å²) in [6, 6.07) is 2.99. The van der Waals surface area contributed by atoms with Crippen molar-refractivity contribution in [1.29, 1.82) is 0 Å². The van der Waals surface area contributed by atoms with E-state index in [0.29, 0.717) is 0 Å². The molecule has 1 aromatic carbocycles. The normalized spacial score (nSPS) is 11.6. The first-order valence-electron chi connectivity index (χ1n) is 4.99. The molecular formula is C11H7F3N2O3. The second-order valence-electron chi connectivity index (χ2n) is 3.65. The maximum atomic E-state index is 12.5. The number of hydrogen-bond acceptors (Lipinski definition) is 4. The third-order valence-corrected chi connectivity index (χ3v) is 2.41. The lowest BCUT2D eigenvalue weighted by Gasteiger charge is -2.09. The topological polar surface area (TPSA) is 72.3 Å². The number of fused-ring (bicyclic) bond motifs is 1. The van der Waals surface area contributed by atoms with Gasteiger partial charge in [0.05, 0.1) is 12.7 Å². The monoisotopic (exact) mass is 272 g/mol. The zero-order valence-electron chi connectivity index (χ0n) is 9.52. The number of nitrogens with zero attached hydrogens (tertiary/aromatic N) is 2. The van der Waals surface area contributed by atoms with Crippen molar-refractivity contribution in [1.82, 2.24) is 10.2 Å². The molecule has 2 aromatic rings. The second-order valence-corrected chi connectivity index (χ2v) is 3.65. The summed E-state index contributed by atoms with van der Waals surface area (Å²) in [6.45, 7) is 0. The quantitative estimate of drug-likeness (QED) is 0.908. The Kier molecular flexibility index (Phi) is 3.01. The number of methoxy groups -OCH3 is 1. The van der Waals surface area contributed by atoms with Crippen molar-refractivity contribution in [2.45, 2.75) is 6.18 Å². The third-order valence-electron chi connectivity index (χ3n) is 2.41.